The van der Waals surface area contributed by atoms with Crippen molar-refractivity contribution in [2.45, 2.75) is 13.3 Å². The van der Waals surface area contributed by atoms with Crippen LogP contribution in [0.2, 0.25) is 0 Å². The van der Waals surface area contributed by atoms with Crippen LogP contribution in [0.5, 0.6) is 5.75 Å². The first-order valence-electron chi connectivity index (χ1n) is 6.00. The first-order chi connectivity index (χ1) is 9.19. The van der Waals surface area contributed by atoms with Gasteiger partial charge >= 0.3 is 0 Å². The Balaban J connectivity index is 1.86. The van der Waals surface area contributed by atoms with Crippen LogP contribution in [0.25, 0.3) is 0 Å². The first-order valence-corrected chi connectivity index (χ1v) is 6.00. The summed E-state index contributed by atoms with van der Waals surface area (Å²) < 4.78 is 5.33. The number of carbonyl (C=O) groups excluding carboxylic acids is 1. The molecule has 0 bridgehead atoms. The Labute approximate surface area is 111 Å². The number of aryl methyl sites for hydroxylation is 1. The zero-order valence-corrected chi connectivity index (χ0v) is 10.6. The van der Waals surface area contributed by atoms with E-state index in [4.69, 9.17) is 10.5 Å². The van der Waals surface area contributed by atoms with Crippen molar-refractivity contribution in [2.24, 2.45) is 0 Å². The summed E-state index contributed by atoms with van der Waals surface area (Å²) in [6.07, 6.45) is 0.833. The molecule has 19 heavy (non-hydrogen) atoms. The van der Waals surface area contributed by atoms with Crippen molar-refractivity contribution in [3.8, 4) is 5.75 Å². The van der Waals surface area contributed by atoms with Gasteiger partial charge in [-0.25, -0.2) is 0 Å². The molecule has 0 unspecified atom stereocenters. The smallest absolute Gasteiger partial charge is 0.263 e. The number of aromatic amines is 1. The molecule has 0 saturated heterocycles. The zero-order valence-electron chi connectivity index (χ0n) is 10.6. The monoisotopic (exact) mass is 260 g/mol. The van der Waals surface area contributed by atoms with Crippen LogP contribution in [0, 0.1) is 0 Å². The summed E-state index contributed by atoms with van der Waals surface area (Å²) in [7, 11) is 0. The molecule has 1 heterocycles. The number of aromatic nitrogens is 2. The average molecular weight is 260 g/mol. The molecule has 4 N–H and O–H groups in total. The van der Waals surface area contributed by atoms with E-state index in [-0.39, 0.29) is 12.5 Å². The molecule has 1 amide bonds. The maximum absolute atomic E-state index is 11.7. The van der Waals surface area contributed by atoms with Gasteiger partial charge in [-0.1, -0.05) is 19.1 Å². The molecule has 0 saturated carbocycles. The largest absolute Gasteiger partial charge is 0.482 e. The van der Waals surface area contributed by atoms with Gasteiger partial charge in [0.05, 0.1) is 5.69 Å². The second kappa shape index (κ2) is 5.90. The van der Waals surface area contributed by atoms with Crippen LogP contribution < -0.4 is 15.8 Å². The van der Waals surface area contributed by atoms with Crippen molar-refractivity contribution >= 4 is 17.4 Å². The molecule has 0 radical (unpaired) electrons. The maximum atomic E-state index is 11.7. The highest BCUT2D eigenvalue weighted by atomic mass is 16.5. The number of H-pyrrole nitrogens is 1. The number of nitrogens with one attached hydrogen (secondary N) is 2. The number of rotatable bonds is 5. The van der Waals surface area contributed by atoms with Gasteiger partial charge < -0.3 is 15.8 Å². The fourth-order valence-corrected chi connectivity index (χ4v) is 1.54. The minimum atomic E-state index is -0.280. The van der Waals surface area contributed by atoms with Crippen molar-refractivity contribution in [3.05, 3.63) is 36.0 Å². The molecule has 0 aliphatic rings. The number of nitrogens with two attached hydrogens (primary N) is 1. The molecule has 2 aromatic rings. The van der Waals surface area contributed by atoms with Crippen LogP contribution in [0.3, 0.4) is 0 Å². The van der Waals surface area contributed by atoms with Crippen LogP contribution in [-0.4, -0.2) is 22.7 Å². The van der Waals surface area contributed by atoms with Crippen LogP contribution in [-0.2, 0) is 11.2 Å². The lowest BCUT2D eigenvalue weighted by molar-refractivity contribution is -0.118. The molecular weight excluding hydrogens is 244 g/mol. The Kier molecular flexibility index (Phi) is 4.02. The van der Waals surface area contributed by atoms with E-state index in [0.29, 0.717) is 17.3 Å². The van der Waals surface area contributed by atoms with Gasteiger partial charge in [-0.05, 0) is 18.6 Å². The lowest BCUT2D eigenvalue weighted by Crippen LogP contribution is -2.20. The third-order valence-corrected chi connectivity index (χ3v) is 2.56. The number of hydrogen-bond donors (Lipinski definition) is 3. The van der Waals surface area contributed by atoms with Gasteiger partial charge in [0.25, 0.3) is 5.91 Å². The topological polar surface area (TPSA) is 93.0 Å². The van der Waals surface area contributed by atoms with Crippen molar-refractivity contribution in [3.63, 3.8) is 0 Å². The van der Waals surface area contributed by atoms with Gasteiger partial charge in [-0.3, -0.25) is 9.89 Å². The van der Waals surface area contributed by atoms with Gasteiger partial charge in [-0.2, -0.15) is 5.10 Å². The Hall–Kier alpha value is -2.50. The van der Waals surface area contributed by atoms with Crippen molar-refractivity contribution in [1.82, 2.24) is 10.2 Å². The molecular formula is C13H16N4O2. The van der Waals surface area contributed by atoms with Crippen molar-refractivity contribution in [2.75, 3.05) is 17.7 Å². The summed E-state index contributed by atoms with van der Waals surface area (Å²) >= 11 is 0. The third kappa shape index (κ3) is 3.48. The second-order valence-electron chi connectivity index (χ2n) is 4.01. The molecule has 1 aromatic carbocycles. The van der Waals surface area contributed by atoms with Crippen LogP contribution in [0.15, 0.2) is 30.3 Å². The summed E-state index contributed by atoms with van der Waals surface area (Å²) in [4.78, 5) is 11.7. The normalized spacial score (nSPS) is 10.2. The van der Waals surface area contributed by atoms with E-state index in [1.807, 2.05) is 6.92 Å². The van der Waals surface area contributed by atoms with Crippen LogP contribution in [0.1, 0.15) is 12.6 Å². The summed E-state index contributed by atoms with van der Waals surface area (Å²) in [5.41, 5.74) is 7.17. The number of amides is 1. The standard InChI is InChI=1S/C13H16N4O2/c1-2-9-7-12(17-16-9)15-13(18)8-19-11-6-4-3-5-10(11)14/h3-7H,2,8,14H2,1H3,(H2,15,16,17,18). The van der Waals surface area contributed by atoms with E-state index in [2.05, 4.69) is 15.5 Å². The zero-order chi connectivity index (χ0) is 13.7. The lowest BCUT2D eigenvalue weighted by atomic mass is 10.3. The van der Waals surface area contributed by atoms with Gasteiger partial charge in [0.1, 0.15) is 5.75 Å². The van der Waals surface area contributed by atoms with Gasteiger partial charge in [0.2, 0.25) is 0 Å². The summed E-state index contributed by atoms with van der Waals surface area (Å²) in [6, 6.07) is 8.82. The van der Waals surface area contributed by atoms with Crippen molar-refractivity contribution < 1.29 is 9.53 Å². The lowest BCUT2D eigenvalue weighted by Gasteiger charge is -2.07. The minimum absolute atomic E-state index is 0.109. The Morgan fingerprint density at radius 1 is 1.47 bits per heavy atom. The summed E-state index contributed by atoms with van der Waals surface area (Å²) in [5, 5.41) is 9.42. The molecule has 6 heteroatoms. The average Bonchev–Trinajstić information content (AvgIpc) is 2.85. The minimum Gasteiger partial charge on any atom is -0.482 e. The fourth-order valence-electron chi connectivity index (χ4n) is 1.54. The number of nitrogen functional groups attached to an aromatic ring is 1. The number of hydrogen-bond acceptors (Lipinski definition) is 4. The Bertz CT molecular complexity index is 565. The summed E-state index contributed by atoms with van der Waals surface area (Å²) in [6.45, 7) is 1.89. The number of ether oxygens (including phenoxy) is 1. The van der Waals surface area contributed by atoms with Gasteiger partial charge in [-0.15, -0.1) is 0 Å². The highest BCUT2D eigenvalue weighted by molar-refractivity contribution is 5.91. The third-order valence-electron chi connectivity index (χ3n) is 2.56. The first kappa shape index (κ1) is 12.9. The van der Waals surface area contributed by atoms with E-state index >= 15 is 0 Å². The molecule has 6 nitrogen and oxygen atoms in total. The number of carbonyl (C=O) groups is 1. The molecule has 100 valence electrons. The van der Waals surface area contributed by atoms with E-state index < -0.39 is 0 Å². The molecule has 0 spiro atoms. The predicted octanol–water partition coefficient (Wildman–Crippen LogP) is 1.57. The number of benzene rings is 1. The molecule has 0 fully saturated rings. The quantitative estimate of drug-likeness (QED) is 0.711. The SMILES string of the molecule is CCc1cc(NC(=O)COc2ccccc2N)n[nH]1. The van der Waals surface area contributed by atoms with E-state index in [1.54, 1.807) is 30.3 Å². The number of para-hydroxylation sites is 2. The number of nitrogens with zero attached hydrogens (tertiary/aromatic N) is 1. The molecule has 0 aliphatic carbocycles. The highest BCUT2D eigenvalue weighted by Gasteiger charge is 2.07. The number of anilines is 2. The van der Waals surface area contributed by atoms with E-state index in [9.17, 15) is 4.79 Å². The fraction of sp³-hybridized carbons (Fsp3) is 0.231. The Morgan fingerprint density at radius 2 is 2.26 bits per heavy atom. The second-order valence-corrected chi connectivity index (χ2v) is 4.01. The molecule has 2 rings (SSSR count). The van der Waals surface area contributed by atoms with Gasteiger partial charge in [0.15, 0.2) is 12.4 Å². The predicted molar refractivity (Wildman–Crippen MR) is 72.9 cm³/mol. The maximum Gasteiger partial charge on any atom is 0.263 e. The van der Waals surface area contributed by atoms with E-state index in [0.717, 1.165) is 12.1 Å². The van der Waals surface area contributed by atoms with E-state index in [1.165, 1.54) is 0 Å². The molecule has 0 atom stereocenters. The Morgan fingerprint density at radius 3 is 2.95 bits per heavy atom. The highest BCUT2D eigenvalue weighted by Crippen LogP contribution is 2.19. The van der Waals surface area contributed by atoms with Crippen LogP contribution >= 0.6 is 0 Å². The van der Waals surface area contributed by atoms with Gasteiger partial charge in [0, 0.05) is 11.8 Å². The summed E-state index contributed by atoms with van der Waals surface area (Å²) in [5.74, 6) is 0.706. The van der Waals surface area contributed by atoms with Crippen LogP contribution in [0.4, 0.5) is 11.5 Å². The molecule has 1 aromatic heterocycles. The molecule has 0 aliphatic heterocycles. The van der Waals surface area contributed by atoms with Crippen molar-refractivity contribution in [1.29, 1.82) is 0 Å².